The number of aliphatic hydroxyl groups excluding tert-OH is 1. The SMILES string of the molecule is Cc1ccc(-c2ccc(NCc3ccc(C(F)(F)F)cc3-c3ccc(C(=O)NCCC(O)O)nc3)cc2)cc1. The minimum absolute atomic E-state index is 0.0371. The monoisotopic (exact) mass is 535 g/mol. The summed E-state index contributed by atoms with van der Waals surface area (Å²) in [5.74, 6) is -0.526. The summed E-state index contributed by atoms with van der Waals surface area (Å²) in [6.07, 6.45) is -4.75. The lowest BCUT2D eigenvalue weighted by Gasteiger charge is -2.15. The zero-order valence-electron chi connectivity index (χ0n) is 21.2. The Bertz CT molecular complexity index is 1400. The second-order valence-electron chi connectivity index (χ2n) is 9.12. The molecule has 4 N–H and O–H groups in total. The van der Waals surface area contributed by atoms with Crippen molar-refractivity contribution in [2.75, 3.05) is 11.9 Å². The fourth-order valence-corrected chi connectivity index (χ4v) is 3.99. The van der Waals surface area contributed by atoms with Gasteiger partial charge in [-0.25, -0.2) is 0 Å². The number of aryl methyl sites for hydroxylation is 1. The minimum Gasteiger partial charge on any atom is -0.381 e. The van der Waals surface area contributed by atoms with E-state index < -0.39 is 23.9 Å². The lowest BCUT2D eigenvalue weighted by atomic mass is 9.97. The van der Waals surface area contributed by atoms with Crippen molar-refractivity contribution in [3.05, 3.63) is 107 Å². The number of halogens is 3. The van der Waals surface area contributed by atoms with E-state index in [-0.39, 0.29) is 25.2 Å². The third-order valence-electron chi connectivity index (χ3n) is 6.19. The van der Waals surface area contributed by atoms with Crippen LogP contribution in [0.2, 0.25) is 0 Å². The average Bonchev–Trinajstić information content (AvgIpc) is 2.92. The molecule has 0 atom stereocenters. The first-order valence-electron chi connectivity index (χ1n) is 12.3. The molecule has 3 aromatic carbocycles. The number of rotatable bonds is 9. The lowest BCUT2D eigenvalue weighted by Crippen LogP contribution is -2.27. The van der Waals surface area contributed by atoms with Crippen molar-refractivity contribution in [3.63, 3.8) is 0 Å². The quantitative estimate of drug-likeness (QED) is 0.204. The zero-order valence-corrected chi connectivity index (χ0v) is 21.2. The van der Waals surface area contributed by atoms with Crippen LogP contribution in [0.5, 0.6) is 0 Å². The third-order valence-corrected chi connectivity index (χ3v) is 6.19. The molecular formula is C30H28F3N3O3. The first-order valence-corrected chi connectivity index (χ1v) is 12.3. The molecule has 0 aliphatic rings. The fourth-order valence-electron chi connectivity index (χ4n) is 3.99. The lowest BCUT2D eigenvalue weighted by molar-refractivity contribution is -0.137. The highest BCUT2D eigenvalue weighted by Crippen LogP contribution is 2.34. The summed E-state index contributed by atoms with van der Waals surface area (Å²) < 4.78 is 40.5. The Morgan fingerprint density at radius 1 is 0.897 bits per heavy atom. The van der Waals surface area contributed by atoms with Crippen molar-refractivity contribution in [2.24, 2.45) is 0 Å². The van der Waals surface area contributed by atoms with Gasteiger partial charge in [0, 0.05) is 37.0 Å². The molecule has 0 saturated carbocycles. The Kier molecular flexibility index (Phi) is 8.63. The molecule has 6 nitrogen and oxygen atoms in total. The molecule has 1 heterocycles. The molecule has 0 bridgehead atoms. The molecule has 4 rings (SSSR count). The number of hydrogen-bond donors (Lipinski definition) is 4. The van der Waals surface area contributed by atoms with Gasteiger partial charge in [-0.1, -0.05) is 54.1 Å². The fraction of sp³-hybridized carbons (Fsp3) is 0.200. The Morgan fingerprint density at radius 3 is 2.13 bits per heavy atom. The van der Waals surface area contributed by atoms with Gasteiger partial charge >= 0.3 is 6.18 Å². The maximum absolute atomic E-state index is 13.5. The van der Waals surface area contributed by atoms with Crippen LogP contribution in [0.4, 0.5) is 18.9 Å². The summed E-state index contributed by atoms with van der Waals surface area (Å²) >= 11 is 0. The molecule has 0 aliphatic carbocycles. The summed E-state index contributed by atoms with van der Waals surface area (Å²) in [5.41, 5.74) is 4.81. The van der Waals surface area contributed by atoms with E-state index >= 15 is 0 Å². The van der Waals surface area contributed by atoms with Gasteiger partial charge in [0.1, 0.15) is 5.69 Å². The number of pyridine rings is 1. The molecule has 0 saturated heterocycles. The summed E-state index contributed by atoms with van der Waals surface area (Å²) in [6.45, 7) is 2.33. The zero-order chi connectivity index (χ0) is 28.0. The number of aliphatic hydroxyl groups is 2. The van der Waals surface area contributed by atoms with Crippen LogP contribution >= 0.6 is 0 Å². The van der Waals surface area contributed by atoms with Gasteiger partial charge in [-0.3, -0.25) is 9.78 Å². The van der Waals surface area contributed by atoms with Gasteiger partial charge in [0.05, 0.1) is 5.56 Å². The number of hydrogen-bond acceptors (Lipinski definition) is 5. The molecule has 4 aromatic rings. The molecule has 0 unspecified atom stereocenters. The number of nitrogens with one attached hydrogen (secondary N) is 2. The van der Waals surface area contributed by atoms with Crippen LogP contribution < -0.4 is 10.6 Å². The van der Waals surface area contributed by atoms with Crippen LogP contribution in [-0.4, -0.2) is 33.9 Å². The summed E-state index contributed by atoms with van der Waals surface area (Å²) in [5, 5.41) is 23.6. The minimum atomic E-state index is -4.52. The van der Waals surface area contributed by atoms with Gasteiger partial charge in [-0.05, 0) is 59.5 Å². The van der Waals surface area contributed by atoms with Crippen LogP contribution in [0, 0.1) is 6.92 Å². The maximum Gasteiger partial charge on any atom is 0.416 e. The van der Waals surface area contributed by atoms with E-state index in [1.165, 1.54) is 30.0 Å². The predicted octanol–water partition coefficient (Wildman–Crippen LogP) is 5.79. The normalized spacial score (nSPS) is 11.5. The van der Waals surface area contributed by atoms with E-state index in [2.05, 4.69) is 27.8 Å². The molecule has 0 fully saturated rings. The van der Waals surface area contributed by atoms with Gasteiger partial charge in [0.15, 0.2) is 6.29 Å². The average molecular weight is 536 g/mol. The Hall–Kier alpha value is -4.21. The molecule has 0 spiro atoms. The number of carbonyl (C=O) groups is 1. The Morgan fingerprint density at radius 2 is 1.54 bits per heavy atom. The van der Waals surface area contributed by atoms with Crippen LogP contribution in [0.3, 0.4) is 0 Å². The number of anilines is 1. The van der Waals surface area contributed by atoms with Crippen molar-refractivity contribution in [2.45, 2.75) is 32.4 Å². The van der Waals surface area contributed by atoms with Crippen LogP contribution in [-0.2, 0) is 12.7 Å². The number of carbonyl (C=O) groups excluding carboxylic acids is 1. The van der Waals surface area contributed by atoms with E-state index in [1.54, 1.807) is 0 Å². The molecular weight excluding hydrogens is 507 g/mol. The smallest absolute Gasteiger partial charge is 0.381 e. The highest BCUT2D eigenvalue weighted by atomic mass is 19.4. The second-order valence-corrected chi connectivity index (χ2v) is 9.12. The number of nitrogens with zero attached hydrogens (tertiary/aromatic N) is 1. The maximum atomic E-state index is 13.5. The largest absolute Gasteiger partial charge is 0.416 e. The number of benzene rings is 3. The predicted molar refractivity (Wildman–Crippen MR) is 144 cm³/mol. The topological polar surface area (TPSA) is 94.5 Å². The van der Waals surface area contributed by atoms with E-state index in [0.29, 0.717) is 16.7 Å². The first kappa shape index (κ1) is 27.8. The van der Waals surface area contributed by atoms with E-state index in [4.69, 9.17) is 10.2 Å². The third kappa shape index (κ3) is 7.43. The summed E-state index contributed by atoms with van der Waals surface area (Å²) in [4.78, 5) is 16.3. The van der Waals surface area contributed by atoms with Crippen molar-refractivity contribution in [1.29, 1.82) is 0 Å². The van der Waals surface area contributed by atoms with Gasteiger partial charge < -0.3 is 20.8 Å². The van der Waals surface area contributed by atoms with Crippen molar-refractivity contribution in [3.8, 4) is 22.3 Å². The standard InChI is InChI=1S/C30H28F3N3O3/c1-19-2-4-20(5-3-19)21-7-11-25(12-8-21)35-17-22-6-10-24(30(31,32)33)16-26(22)23-9-13-27(36-18-23)29(39)34-15-14-28(37)38/h2-13,16,18,28,35,37-38H,14-15,17H2,1H3,(H,34,39). The van der Waals surface area contributed by atoms with Crippen LogP contribution in [0.25, 0.3) is 22.3 Å². The second kappa shape index (κ2) is 12.1. The summed E-state index contributed by atoms with van der Waals surface area (Å²) in [7, 11) is 0. The molecule has 9 heteroatoms. The van der Waals surface area contributed by atoms with Crippen molar-refractivity contribution >= 4 is 11.6 Å². The molecule has 202 valence electrons. The molecule has 1 amide bonds. The van der Waals surface area contributed by atoms with Crippen molar-refractivity contribution in [1.82, 2.24) is 10.3 Å². The van der Waals surface area contributed by atoms with Crippen molar-refractivity contribution < 1.29 is 28.2 Å². The number of aromatic nitrogens is 1. The highest BCUT2D eigenvalue weighted by Gasteiger charge is 2.31. The van der Waals surface area contributed by atoms with E-state index in [1.807, 2.05) is 43.3 Å². The van der Waals surface area contributed by atoms with Gasteiger partial charge in [0.2, 0.25) is 0 Å². The number of amides is 1. The first-order chi connectivity index (χ1) is 18.6. The van der Waals surface area contributed by atoms with Gasteiger partial charge in [-0.2, -0.15) is 13.2 Å². The Labute approximate surface area is 224 Å². The van der Waals surface area contributed by atoms with E-state index in [9.17, 15) is 18.0 Å². The molecule has 39 heavy (non-hydrogen) atoms. The molecule has 1 aromatic heterocycles. The highest BCUT2D eigenvalue weighted by molar-refractivity contribution is 5.92. The summed E-state index contributed by atoms with van der Waals surface area (Å²) in [6, 6.07) is 22.5. The van der Waals surface area contributed by atoms with Gasteiger partial charge in [-0.15, -0.1) is 0 Å². The van der Waals surface area contributed by atoms with Gasteiger partial charge in [0.25, 0.3) is 5.91 Å². The Balaban J connectivity index is 1.52. The van der Waals surface area contributed by atoms with Crippen LogP contribution in [0.1, 0.15) is 33.6 Å². The molecule has 0 aliphatic heterocycles. The van der Waals surface area contributed by atoms with E-state index in [0.717, 1.165) is 28.9 Å². The van der Waals surface area contributed by atoms with Crippen LogP contribution in [0.15, 0.2) is 85.1 Å². The number of alkyl halides is 3. The molecule has 0 radical (unpaired) electrons.